The summed E-state index contributed by atoms with van der Waals surface area (Å²) in [6, 6.07) is 2.63. The first-order chi connectivity index (χ1) is 10.3. The highest BCUT2D eigenvalue weighted by Gasteiger charge is 2.39. The molecule has 0 aliphatic carbocycles. The van der Waals surface area contributed by atoms with Gasteiger partial charge in [0.05, 0.1) is 9.90 Å². The van der Waals surface area contributed by atoms with Crippen molar-refractivity contribution in [3.8, 4) is 10.6 Å². The first kappa shape index (κ1) is 13.8. The molecule has 7 heteroatoms. The number of nitrogens with zero attached hydrogens (tertiary/aromatic N) is 2. The molecular weight excluding hydrogens is 324 g/mol. The average molecular weight is 341 g/mol. The molecule has 4 heterocycles. The summed E-state index contributed by atoms with van der Waals surface area (Å²) < 4.78 is 0. The summed E-state index contributed by atoms with van der Waals surface area (Å²) in [5.74, 6) is 0.782. The van der Waals surface area contributed by atoms with Crippen LogP contribution in [0.25, 0.3) is 10.6 Å². The summed E-state index contributed by atoms with van der Waals surface area (Å²) in [4.78, 5) is 8.47. The lowest BCUT2D eigenvalue weighted by molar-refractivity contribution is 0.579. The van der Waals surface area contributed by atoms with Crippen LogP contribution in [-0.4, -0.2) is 37.7 Å². The maximum atomic E-state index is 6.10. The van der Waals surface area contributed by atoms with Crippen molar-refractivity contribution in [3.05, 3.63) is 16.5 Å². The Morgan fingerprint density at radius 1 is 1.48 bits per heavy atom. The van der Waals surface area contributed by atoms with Gasteiger partial charge in [0.25, 0.3) is 0 Å². The second kappa shape index (κ2) is 5.43. The topological polar surface area (TPSA) is 40.2 Å². The zero-order chi connectivity index (χ0) is 14.4. The van der Waals surface area contributed by atoms with E-state index in [4.69, 9.17) is 16.6 Å². The van der Waals surface area contributed by atoms with E-state index in [9.17, 15) is 0 Å². The highest BCUT2D eigenvalue weighted by molar-refractivity contribution is 7.21. The van der Waals surface area contributed by atoms with Gasteiger partial charge in [0.1, 0.15) is 10.7 Å². The Morgan fingerprint density at radius 3 is 3.14 bits per heavy atom. The monoisotopic (exact) mass is 340 g/mol. The summed E-state index contributed by atoms with van der Waals surface area (Å²) in [5.41, 5.74) is 1.08. The summed E-state index contributed by atoms with van der Waals surface area (Å²) >= 11 is 9.52. The highest BCUT2D eigenvalue weighted by atomic mass is 35.5. The van der Waals surface area contributed by atoms with E-state index in [0.717, 1.165) is 46.3 Å². The molecule has 2 N–H and O–H groups in total. The molecule has 2 fully saturated rings. The largest absolute Gasteiger partial charge is 0.365 e. The van der Waals surface area contributed by atoms with Crippen molar-refractivity contribution >= 4 is 44.4 Å². The van der Waals surface area contributed by atoms with Crippen LogP contribution in [-0.2, 0) is 0 Å². The first-order valence-corrected chi connectivity index (χ1v) is 9.24. The van der Waals surface area contributed by atoms with Gasteiger partial charge in [-0.3, -0.25) is 0 Å². The van der Waals surface area contributed by atoms with E-state index >= 15 is 0 Å². The lowest BCUT2D eigenvalue weighted by Crippen LogP contribution is -2.33. The predicted octanol–water partition coefficient (Wildman–Crippen LogP) is 3.36. The van der Waals surface area contributed by atoms with E-state index in [1.54, 1.807) is 22.7 Å². The fourth-order valence-corrected chi connectivity index (χ4v) is 5.46. The van der Waals surface area contributed by atoms with Gasteiger partial charge in [-0.2, -0.15) is 0 Å². The minimum atomic E-state index is 0.615. The van der Waals surface area contributed by atoms with Gasteiger partial charge in [-0.15, -0.1) is 11.3 Å². The van der Waals surface area contributed by atoms with E-state index in [2.05, 4.69) is 15.5 Å². The third-order valence-electron chi connectivity index (χ3n) is 4.33. The fraction of sp³-hybridized carbons (Fsp3) is 0.500. The number of nitrogens with one attached hydrogen (secondary N) is 2. The van der Waals surface area contributed by atoms with E-state index in [1.165, 1.54) is 11.4 Å². The molecule has 4 nitrogen and oxygen atoms in total. The molecule has 2 unspecified atom stereocenters. The van der Waals surface area contributed by atoms with Crippen molar-refractivity contribution < 1.29 is 0 Å². The highest BCUT2D eigenvalue weighted by Crippen LogP contribution is 2.45. The van der Waals surface area contributed by atoms with Crippen LogP contribution in [0, 0.1) is 5.92 Å². The van der Waals surface area contributed by atoms with E-state index in [0.29, 0.717) is 6.04 Å². The first-order valence-electron chi connectivity index (χ1n) is 7.16. The van der Waals surface area contributed by atoms with Crippen molar-refractivity contribution in [3.63, 3.8) is 0 Å². The summed E-state index contributed by atoms with van der Waals surface area (Å²) in [6.07, 6.45) is 1.27. The maximum Gasteiger partial charge on any atom is 0.185 e. The van der Waals surface area contributed by atoms with Gasteiger partial charge < -0.3 is 15.5 Å². The fourth-order valence-electron chi connectivity index (χ4n) is 3.31. The SMILES string of the molecule is CNc1nc(-c2cc(Cl)cs2)c(N2CCC3CNCC32)s1. The van der Waals surface area contributed by atoms with Crippen molar-refractivity contribution in [2.45, 2.75) is 12.5 Å². The van der Waals surface area contributed by atoms with Crippen LogP contribution in [0.1, 0.15) is 6.42 Å². The molecule has 4 rings (SSSR count). The molecule has 2 aromatic rings. The average Bonchev–Trinajstić information content (AvgIpc) is 3.20. The second-order valence-electron chi connectivity index (χ2n) is 5.52. The molecule has 2 aliphatic heterocycles. The van der Waals surface area contributed by atoms with E-state index < -0.39 is 0 Å². The molecule has 0 amide bonds. The van der Waals surface area contributed by atoms with Crippen LogP contribution in [0.2, 0.25) is 5.02 Å². The van der Waals surface area contributed by atoms with Crippen LogP contribution in [0.4, 0.5) is 10.1 Å². The summed E-state index contributed by atoms with van der Waals surface area (Å²) in [6.45, 7) is 3.37. The van der Waals surface area contributed by atoms with Crippen molar-refractivity contribution in [1.29, 1.82) is 0 Å². The lowest BCUT2D eigenvalue weighted by atomic mass is 10.1. The predicted molar refractivity (Wildman–Crippen MR) is 92.1 cm³/mol. The molecule has 2 aromatic heterocycles. The van der Waals surface area contributed by atoms with Crippen molar-refractivity contribution in [2.24, 2.45) is 5.92 Å². The third kappa shape index (κ3) is 2.34. The van der Waals surface area contributed by atoms with Gasteiger partial charge in [-0.1, -0.05) is 22.9 Å². The van der Waals surface area contributed by atoms with Gasteiger partial charge in [-0.25, -0.2) is 4.98 Å². The summed E-state index contributed by atoms with van der Waals surface area (Å²) in [5, 5.41) is 11.7. The Kier molecular flexibility index (Phi) is 3.57. The Bertz CT molecular complexity index is 653. The smallest absolute Gasteiger partial charge is 0.185 e. The molecule has 21 heavy (non-hydrogen) atoms. The molecular formula is C14H17ClN4S2. The molecule has 0 aromatic carbocycles. The standard InChI is InChI=1S/C14H17ClN4S2/c1-16-14-18-12(11-4-9(15)7-20-11)13(21-14)19-3-2-8-5-17-6-10(8)19/h4,7-8,10,17H,2-3,5-6H2,1H3,(H,16,18). The molecule has 2 atom stereocenters. The normalized spacial score (nSPS) is 24.6. The van der Waals surface area contributed by atoms with Gasteiger partial charge in [-0.05, 0) is 18.4 Å². The molecule has 112 valence electrons. The zero-order valence-electron chi connectivity index (χ0n) is 11.7. The van der Waals surface area contributed by atoms with Crippen molar-refractivity contribution in [1.82, 2.24) is 10.3 Å². The molecule has 0 bridgehead atoms. The molecule has 2 saturated heterocycles. The van der Waals surface area contributed by atoms with Crippen molar-refractivity contribution in [2.75, 3.05) is 36.9 Å². The van der Waals surface area contributed by atoms with Crippen LogP contribution < -0.4 is 15.5 Å². The second-order valence-corrected chi connectivity index (χ2v) is 7.84. The minimum absolute atomic E-state index is 0.615. The van der Waals surface area contributed by atoms with Crippen LogP contribution in [0.5, 0.6) is 0 Å². The molecule has 0 saturated carbocycles. The van der Waals surface area contributed by atoms with E-state index in [-0.39, 0.29) is 0 Å². The molecule has 0 spiro atoms. The number of rotatable bonds is 3. The van der Waals surface area contributed by atoms with Gasteiger partial charge in [0.15, 0.2) is 5.13 Å². The number of halogens is 1. The van der Waals surface area contributed by atoms with E-state index in [1.807, 2.05) is 18.5 Å². The van der Waals surface area contributed by atoms with Gasteiger partial charge in [0, 0.05) is 38.1 Å². The van der Waals surface area contributed by atoms with Crippen LogP contribution in [0.3, 0.4) is 0 Å². The molecule has 2 aliphatic rings. The molecule has 0 radical (unpaired) electrons. The maximum absolute atomic E-state index is 6.10. The van der Waals surface area contributed by atoms with Crippen LogP contribution in [0.15, 0.2) is 11.4 Å². The summed E-state index contributed by atoms with van der Waals surface area (Å²) in [7, 11) is 1.93. The Hall–Kier alpha value is -0.820. The number of anilines is 2. The number of aromatic nitrogens is 1. The lowest BCUT2D eigenvalue weighted by Gasteiger charge is -2.24. The van der Waals surface area contributed by atoms with Gasteiger partial charge in [0.2, 0.25) is 0 Å². The number of thiophene rings is 1. The third-order valence-corrected chi connectivity index (χ3v) is 6.72. The number of hydrogen-bond donors (Lipinski definition) is 2. The van der Waals surface area contributed by atoms with Gasteiger partial charge >= 0.3 is 0 Å². The zero-order valence-corrected chi connectivity index (χ0v) is 14.1. The quantitative estimate of drug-likeness (QED) is 0.898. The number of hydrogen-bond acceptors (Lipinski definition) is 6. The minimum Gasteiger partial charge on any atom is -0.365 e. The Balaban J connectivity index is 1.75. The number of fused-ring (bicyclic) bond motifs is 1. The van der Waals surface area contributed by atoms with Crippen LogP contribution >= 0.6 is 34.3 Å². The Labute approximate surface area is 137 Å². The Morgan fingerprint density at radius 2 is 2.38 bits per heavy atom. The number of thiazole rings is 1.